The van der Waals surface area contributed by atoms with E-state index in [0.717, 1.165) is 23.1 Å². The number of aromatic nitrogens is 1. The predicted octanol–water partition coefficient (Wildman–Crippen LogP) is 1.68. The van der Waals surface area contributed by atoms with Crippen molar-refractivity contribution in [3.63, 3.8) is 0 Å². The van der Waals surface area contributed by atoms with Crippen molar-refractivity contribution in [2.45, 2.75) is 25.3 Å². The fraction of sp³-hybridized carbons (Fsp3) is 0.438. The Morgan fingerprint density at radius 1 is 1.32 bits per heavy atom. The molecule has 0 unspecified atom stereocenters. The topological polar surface area (TPSA) is 54.7 Å². The minimum absolute atomic E-state index is 0.108. The van der Waals surface area contributed by atoms with Crippen LogP contribution in [0.15, 0.2) is 29.3 Å². The van der Waals surface area contributed by atoms with Gasteiger partial charge in [0.25, 0.3) is 5.91 Å². The molecule has 1 aromatic carbocycles. The lowest BCUT2D eigenvalue weighted by Gasteiger charge is -2.14. The number of rotatable bonds is 2. The maximum Gasteiger partial charge on any atom is 0.253 e. The van der Waals surface area contributed by atoms with Gasteiger partial charge in [0.2, 0.25) is 5.91 Å². The number of thiazole rings is 1. The SMILES string of the molecule is Cn1c(=NC(=O)[C@H]2CC(=O)N(C3CC3)C2)sc2ccccc21. The van der Waals surface area contributed by atoms with Gasteiger partial charge in [-0.1, -0.05) is 23.5 Å². The van der Waals surface area contributed by atoms with Crippen molar-refractivity contribution in [1.29, 1.82) is 0 Å². The summed E-state index contributed by atoms with van der Waals surface area (Å²) >= 11 is 1.51. The van der Waals surface area contributed by atoms with Crippen LogP contribution in [0.1, 0.15) is 19.3 Å². The van der Waals surface area contributed by atoms with E-state index in [0.29, 0.717) is 23.8 Å². The summed E-state index contributed by atoms with van der Waals surface area (Å²) in [6.45, 7) is 0.542. The molecule has 5 nitrogen and oxygen atoms in total. The first-order chi connectivity index (χ1) is 10.6. The second kappa shape index (κ2) is 5.05. The van der Waals surface area contributed by atoms with Crippen molar-refractivity contribution in [2.24, 2.45) is 18.0 Å². The van der Waals surface area contributed by atoms with Crippen LogP contribution in [0.2, 0.25) is 0 Å². The van der Waals surface area contributed by atoms with Crippen molar-refractivity contribution in [2.75, 3.05) is 6.54 Å². The fourth-order valence-electron chi connectivity index (χ4n) is 3.01. The highest BCUT2D eigenvalue weighted by molar-refractivity contribution is 7.16. The van der Waals surface area contributed by atoms with Crippen LogP contribution >= 0.6 is 11.3 Å². The summed E-state index contributed by atoms with van der Waals surface area (Å²) in [7, 11) is 1.92. The zero-order chi connectivity index (χ0) is 15.3. The van der Waals surface area contributed by atoms with Gasteiger partial charge >= 0.3 is 0 Å². The summed E-state index contributed by atoms with van der Waals surface area (Å²) < 4.78 is 3.05. The molecule has 1 saturated carbocycles. The molecule has 1 saturated heterocycles. The number of para-hydroxylation sites is 1. The Labute approximate surface area is 131 Å². The smallest absolute Gasteiger partial charge is 0.253 e. The molecule has 1 aliphatic heterocycles. The molecule has 0 bridgehead atoms. The molecule has 114 valence electrons. The summed E-state index contributed by atoms with van der Waals surface area (Å²) in [6.07, 6.45) is 2.47. The third-order valence-corrected chi connectivity index (χ3v) is 5.53. The van der Waals surface area contributed by atoms with Crippen molar-refractivity contribution in [3.05, 3.63) is 29.1 Å². The Morgan fingerprint density at radius 2 is 2.09 bits per heavy atom. The molecule has 0 radical (unpaired) electrons. The van der Waals surface area contributed by atoms with Crippen LogP contribution in [0.3, 0.4) is 0 Å². The van der Waals surface area contributed by atoms with Crippen LogP contribution in [0, 0.1) is 5.92 Å². The number of carbonyl (C=O) groups is 2. The lowest BCUT2D eigenvalue weighted by Crippen LogP contribution is -2.28. The highest BCUT2D eigenvalue weighted by Crippen LogP contribution is 2.32. The van der Waals surface area contributed by atoms with Gasteiger partial charge in [0, 0.05) is 26.1 Å². The van der Waals surface area contributed by atoms with Gasteiger partial charge in [-0.25, -0.2) is 0 Å². The Morgan fingerprint density at radius 3 is 2.82 bits per heavy atom. The van der Waals surface area contributed by atoms with Crippen molar-refractivity contribution in [1.82, 2.24) is 9.47 Å². The van der Waals surface area contributed by atoms with Crippen LogP contribution in [-0.2, 0) is 16.6 Å². The zero-order valence-electron chi connectivity index (χ0n) is 12.4. The quantitative estimate of drug-likeness (QED) is 0.846. The molecule has 1 atom stereocenters. The molecule has 1 aliphatic carbocycles. The van der Waals surface area contributed by atoms with E-state index in [-0.39, 0.29) is 17.7 Å². The van der Waals surface area contributed by atoms with Crippen LogP contribution < -0.4 is 4.80 Å². The van der Waals surface area contributed by atoms with Crippen LogP contribution in [0.4, 0.5) is 0 Å². The molecule has 2 aromatic rings. The highest BCUT2D eigenvalue weighted by Gasteiger charge is 2.41. The van der Waals surface area contributed by atoms with Crippen molar-refractivity contribution in [3.8, 4) is 0 Å². The minimum atomic E-state index is -0.279. The summed E-state index contributed by atoms with van der Waals surface area (Å²) in [4.78, 5) is 31.2. The third-order valence-electron chi connectivity index (χ3n) is 4.42. The monoisotopic (exact) mass is 315 g/mol. The number of amides is 2. The number of fused-ring (bicyclic) bond motifs is 1. The van der Waals surface area contributed by atoms with E-state index in [1.165, 1.54) is 11.3 Å². The number of likely N-dealkylation sites (tertiary alicyclic amines) is 1. The van der Waals surface area contributed by atoms with Gasteiger partial charge in [0.1, 0.15) is 0 Å². The number of carbonyl (C=O) groups excluding carboxylic acids is 2. The van der Waals surface area contributed by atoms with E-state index in [4.69, 9.17) is 0 Å². The molecular weight excluding hydrogens is 298 g/mol. The van der Waals surface area contributed by atoms with Crippen molar-refractivity contribution >= 4 is 33.4 Å². The molecule has 0 N–H and O–H groups in total. The van der Waals surface area contributed by atoms with E-state index < -0.39 is 0 Å². The van der Waals surface area contributed by atoms with E-state index in [1.54, 1.807) is 0 Å². The Balaban J connectivity index is 1.62. The lowest BCUT2D eigenvalue weighted by molar-refractivity contribution is -0.128. The number of nitrogens with zero attached hydrogens (tertiary/aromatic N) is 3. The molecule has 2 fully saturated rings. The lowest BCUT2D eigenvalue weighted by atomic mass is 10.1. The second-order valence-electron chi connectivity index (χ2n) is 6.04. The normalized spacial score (nSPS) is 22.8. The van der Waals surface area contributed by atoms with E-state index in [9.17, 15) is 9.59 Å². The summed E-state index contributed by atoms with van der Waals surface area (Å²) in [5.74, 6) is -0.339. The van der Waals surface area contributed by atoms with Crippen LogP contribution in [0.25, 0.3) is 10.2 Å². The molecule has 2 aliphatic rings. The Kier molecular flexibility index (Phi) is 3.14. The molecule has 2 amide bonds. The molecular formula is C16H17N3O2S. The Hall–Kier alpha value is -1.95. The molecule has 0 spiro atoms. The maximum atomic E-state index is 12.4. The number of benzene rings is 1. The summed E-state index contributed by atoms with van der Waals surface area (Å²) in [5.41, 5.74) is 1.07. The van der Waals surface area contributed by atoms with Gasteiger partial charge in [-0.05, 0) is 25.0 Å². The fourth-order valence-corrected chi connectivity index (χ4v) is 4.03. The predicted molar refractivity (Wildman–Crippen MR) is 84.2 cm³/mol. The van der Waals surface area contributed by atoms with Crippen molar-refractivity contribution < 1.29 is 9.59 Å². The summed E-state index contributed by atoms with van der Waals surface area (Å²) in [6, 6.07) is 8.38. The first kappa shape index (κ1) is 13.7. The maximum absolute atomic E-state index is 12.4. The van der Waals surface area contributed by atoms with Gasteiger partial charge in [0.05, 0.1) is 16.1 Å². The standard InChI is InChI=1S/C16H17N3O2S/c1-18-12-4-2-3-5-13(12)22-16(18)17-15(21)10-8-14(20)19(9-10)11-6-7-11/h2-5,10-11H,6-9H2,1H3/t10-/m0/s1. The van der Waals surface area contributed by atoms with Gasteiger partial charge in [-0.3, -0.25) is 9.59 Å². The third kappa shape index (κ3) is 2.27. The van der Waals surface area contributed by atoms with Crippen LogP contribution in [-0.4, -0.2) is 33.9 Å². The summed E-state index contributed by atoms with van der Waals surface area (Å²) in [5, 5.41) is 0. The minimum Gasteiger partial charge on any atom is -0.339 e. The largest absolute Gasteiger partial charge is 0.339 e. The first-order valence-electron chi connectivity index (χ1n) is 7.56. The van der Waals surface area contributed by atoms with Gasteiger partial charge in [-0.15, -0.1) is 0 Å². The molecule has 2 heterocycles. The van der Waals surface area contributed by atoms with Crippen LogP contribution in [0.5, 0.6) is 0 Å². The number of hydrogen-bond acceptors (Lipinski definition) is 3. The Bertz CT molecular complexity index is 831. The highest BCUT2D eigenvalue weighted by atomic mass is 32.1. The van der Waals surface area contributed by atoms with Gasteiger partial charge in [-0.2, -0.15) is 4.99 Å². The van der Waals surface area contributed by atoms with E-state index in [1.807, 2.05) is 40.8 Å². The number of hydrogen-bond donors (Lipinski definition) is 0. The number of aryl methyl sites for hydroxylation is 1. The molecule has 4 rings (SSSR count). The molecule has 6 heteroatoms. The first-order valence-corrected chi connectivity index (χ1v) is 8.38. The van der Waals surface area contributed by atoms with E-state index in [2.05, 4.69) is 4.99 Å². The van der Waals surface area contributed by atoms with E-state index >= 15 is 0 Å². The average Bonchev–Trinajstić information content (AvgIpc) is 3.21. The molecule has 22 heavy (non-hydrogen) atoms. The average molecular weight is 315 g/mol. The van der Waals surface area contributed by atoms with Gasteiger partial charge in [0.15, 0.2) is 4.80 Å². The zero-order valence-corrected chi connectivity index (χ0v) is 13.2. The molecule has 1 aromatic heterocycles. The second-order valence-corrected chi connectivity index (χ2v) is 7.05. The van der Waals surface area contributed by atoms with Gasteiger partial charge < -0.3 is 9.47 Å².